The van der Waals surface area contributed by atoms with Crippen LogP contribution in [0.3, 0.4) is 0 Å². The molecule has 94 valence electrons. The molecule has 4 nitrogen and oxygen atoms in total. The van der Waals surface area contributed by atoms with Gasteiger partial charge in [0.1, 0.15) is 6.10 Å². The predicted octanol–water partition coefficient (Wildman–Crippen LogP) is 1.46. The first-order chi connectivity index (χ1) is 7.22. The highest BCUT2D eigenvalue weighted by Gasteiger charge is 2.01. The van der Waals surface area contributed by atoms with Crippen LogP contribution in [-0.2, 0) is 14.2 Å². The van der Waals surface area contributed by atoms with Crippen LogP contribution in [0.25, 0.3) is 0 Å². The van der Waals surface area contributed by atoms with Gasteiger partial charge in [-0.2, -0.15) is 0 Å². The highest BCUT2D eigenvalue weighted by Crippen LogP contribution is 1.87. The Kier molecular flexibility index (Phi) is 18.7. The van der Waals surface area contributed by atoms with Crippen molar-refractivity contribution < 1.29 is 19.3 Å². The van der Waals surface area contributed by atoms with E-state index in [4.69, 9.17) is 19.3 Å². The Morgan fingerprint density at radius 3 is 1.87 bits per heavy atom. The molecule has 1 atom stereocenters. The van der Waals surface area contributed by atoms with Gasteiger partial charge < -0.3 is 19.3 Å². The molecule has 4 heteroatoms. The second-order valence-electron chi connectivity index (χ2n) is 3.18. The monoisotopic (exact) mass is 222 g/mol. The summed E-state index contributed by atoms with van der Waals surface area (Å²) in [5, 5.41) is 9.03. The van der Waals surface area contributed by atoms with E-state index in [9.17, 15) is 0 Å². The SMILES string of the molecule is CCCOC.CCCOCC(O)COC. The molecule has 0 rings (SSSR count). The van der Waals surface area contributed by atoms with Crippen LogP contribution in [0.5, 0.6) is 0 Å². The van der Waals surface area contributed by atoms with Gasteiger partial charge in [0.15, 0.2) is 0 Å². The lowest BCUT2D eigenvalue weighted by atomic mass is 10.4. The smallest absolute Gasteiger partial charge is 0.101 e. The Bertz CT molecular complexity index is 96.6. The number of hydrogen-bond acceptors (Lipinski definition) is 4. The van der Waals surface area contributed by atoms with Crippen molar-refractivity contribution in [1.29, 1.82) is 0 Å². The van der Waals surface area contributed by atoms with E-state index in [1.54, 1.807) is 14.2 Å². The fraction of sp³-hybridized carbons (Fsp3) is 1.00. The summed E-state index contributed by atoms with van der Waals surface area (Å²) in [5.74, 6) is 0. The number of methoxy groups -OCH3 is 2. The van der Waals surface area contributed by atoms with E-state index >= 15 is 0 Å². The molecule has 0 aliphatic heterocycles. The second kappa shape index (κ2) is 16.3. The summed E-state index contributed by atoms with van der Waals surface area (Å²) in [6.45, 7) is 6.44. The first kappa shape index (κ1) is 17.2. The molecule has 0 fully saturated rings. The Morgan fingerprint density at radius 2 is 1.53 bits per heavy atom. The summed E-state index contributed by atoms with van der Waals surface area (Å²) in [4.78, 5) is 0. The molecule has 0 saturated carbocycles. The molecule has 0 heterocycles. The standard InChI is InChI=1S/C7H16O3.C4H10O/c1-3-4-10-6-7(8)5-9-2;1-3-4-5-2/h7-8H,3-6H2,1-2H3;3-4H2,1-2H3. The molecule has 0 amide bonds. The van der Waals surface area contributed by atoms with E-state index < -0.39 is 6.10 Å². The van der Waals surface area contributed by atoms with Gasteiger partial charge in [0, 0.05) is 27.4 Å². The fourth-order valence-electron chi connectivity index (χ4n) is 0.808. The van der Waals surface area contributed by atoms with Gasteiger partial charge in [-0.3, -0.25) is 0 Å². The zero-order chi connectivity index (χ0) is 11.9. The maximum absolute atomic E-state index is 9.03. The third kappa shape index (κ3) is 20.0. The molecule has 15 heavy (non-hydrogen) atoms. The molecule has 0 radical (unpaired) electrons. The maximum Gasteiger partial charge on any atom is 0.101 e. The van der Waals surface area contributed by atoms with Gasteiger partial charge in [0.25, 0.3) is 0 Å². The summed E-state index contributed by atoms with van der Waals surface area (Å²) < 4.78 is 14.5. The molecular weight excluding hydrogens is 196 g/mol. The average molecular weight is 222 g/mol. The highest BCUT2D eigenvalue weighted by atomic mass is 16.5. The van der Waals surface area contributed by atoms with Gasteiger partial charge in [0.05, 0.1) is 13.2 Å². The van der Waals surface area contributed by atoms with E-state index in [0.29, 0.717) is 19.8 Å². The van der Waals surface area contributed by atoms with Gasteiger partial charge in [-0.1, -0.05) is 13.8 Å². The van der Waals surface area contributed by atoms with Crippen LogP contribution >= 0.6 is 0 Å². The van der Waals surface area contributed by atoms with Gasteiger partial charge in [0.2, 0.25) is 0 Å². The zero-order valence-electron chi connectivity index (χ0n) is 10.5. The van der Waals surface area contributed by atoms with Gasteiger partial charge >= 0.3 is 0 Å². The topological polar surface area (TPSA) is 47.9 Å². The molecule has 0 aliphatic carbocycles. The van der Waals surface area contributed by atoms with Crippen LogP contribution in [0.4, 0.5) is 0 Å². The molecule has 0 aromatic heterocycles. The first-order valence-corrected chi connectivity index (χ1v) is 5.46. The van der Waals surface area contributed by atoms with Crippen molar-refractivity contribution in [3.05, 3.63) is 0 Å². The lowest BCUT2D eigenvalue weighted by molar-refractivity contribution is -0.00580. The predicted molar refractivity (Wildman–Crippen MR) is 61.2 cm³/mol. The molecular formula is C11H26O4. The molecule has 0 aliphatic rings. The van der Waals surface area contributed by atoms with Crippen LogP contribution in [-0.4, -0.2) is 51.9 Å². The van der Waals surface area contributed by atoms with Gasteiger partial charge in [-0.15, -0.1) is 0 Å². The Morgan fingerprint density at radius 1 is 0.933 bits per heavy atom. The van der Waals surface area contributed by atoms with Crippen LogP contribution in [0.2, 0.25) is 0 Å². The van der Waals surface area contributed by atoms with Crippen molar-refractivity contribution in [3.8, 4) is 0 Å². The van der Waals surface area contributed by atoms with Crippen LogP contribution in [0, 0.1) is 0 Å². The average Bonchev–Trinajstić information content (AvgIpc) is 2.21. The molecule has 0 saturated heterocycles. The highest BCUT2D eigenvalue weighted by molar-refractivity contribution is 4.49. The van der Waals surface area contributed by atoms with E-state index in [0.717, 1.165) is 19.4 Å². The summed E-state index contributed by atoms with van der Waals surface area (Å²) in [7, 11) is 3.27. The van der Waals surface area contributed by atoms with E-state index in [2.05, 4.69) is 6.92 Å². The van der Waals surface area contributed by atoms with E-state index in [1.165, 1.54) is 0 Å². The van der Waals surface area contributed by atoms with Crippen LogP contribution < -0.4 is 0 Å². The van der Waals surface area contributed by atoms with Gasteiger partial charge in [-0.05, 0) is 12.8 Å². The minimum absolute atomic E-state index is 0.351. The van der Waals surface area contributed by atoms with Crippen LogP contribution in [0.15, 0.2) is 0 Å². The second-order valence-corrected chi connectivity index (χ2v) is 3.18. The number of ether oxygens (including phenoxy) is 3. The normalized spacial score (nSPS) is 11.8. The third-order valence-corrected chi connectivity index (χ3v) is 1.43. The first-order valence-electron chi connectivity index (χ1n) is 5.46. The van der Waals surface area contributed by atoms with E-state index in [-0.39, 0.29) is 0 Å². The molecule has 1 N–H and O–H groups in total. The van der Waals surface area contributed by atoms with Gasteiger partial charge in [-0.25, -0.2) is 0 Å². The van der Waals surface area contributed by atoms with Crippen molar-refractivity contribution in [2.24, 2.45) is 0 Å². The Balaban J connectivity index is 0. The number of aliphatic hydroxyl groups is 1. The molecule has 0 aromatic rings. The Labute approximate surface area is 93.5 Å². The molecule has 0 aromatic carbocycles. The summed E-state index contributed by atoms with van der Waals surface area (Å²) in [5.41, 5.74) is 0. The van der Waals surface area contributed by atoms with Crippen molar-refractivity contribution in [1.82, 2.24) is 0 Å². The largest absolute Gasteiger partial charge is 0.388 e. The maximum atomic E-state index is 9.03. The Hall–Kier alpha value is -0.160. The summed E-state index contributed by atoms with van der Waals surface area (Å²) >= 11 is 0. The quantitative estimate of drug-likeness (QED) is 0.632. The summed E-state index contributed by atoms with van der Waals surface area (Å²) in [6.07, 6.45) is 1.63. The lowest BCUT2D eigenvalue weighted by Gasteiger charge is -2.08. The number of aliphatic hydroxyl groups excluding tert-OH is 1. The molecule has 0 spiro atoms. The fourth-order valence-corrected chi connectivity index (χ4v) is 0.808. The van der Waals surface area contributed by atoms with Crippen molar-refractivity contribution in [2.45, 2.75) is 32.8 Å². The minimum Gasteiger partial charge on any atom is -0.388 e. The van der Waals surface area contributed by atoms with Crippen molar-refractivity contribution >= 4 is 0 Å². The number of hydrogen-bond donors (Lipinski definition) is 1. The molecule has 1 unspecified atom stereocenters. The summed E-state index contributed by atoms with van der Waals surface area (Å²) in [6, 6.07) is 0. The van der Waals surface area contributed by atoms with Crippen molar-refractivity contribution in [2.75, 3.05) is 40.6 Å². The number of rotatable bonds is 8. The van der Waals surface area contributed by atoms with Crippen molar-refractivity contribution in [3.63, 3.8) is 0 Å². The zero-order valence-corrected chi connectivity index (χ0v) is 10.5. The van der Waals surface area contributed by atoms with E-state index in [1.807, 2.05) is 6.92 Å². The minimum atomic E-state index is -0.475. The lowest BCUT2D eigenvalue weighted by Crippen LogP contribution is -2.20. The molecule has 0 bridgehead atoms. The third-order valence-electron chi connectivity index (χ3n) is 1.43. The van der Waals surface area contributed by atoms with Crippen LogP contribution in [0.1, 0.15) is 26.7 Å².